The van der Waals surface area contributed by atoms with Crippen LogP contribution in [-0.4, -0.2) is 25.2 Å². The third kappa shape index (κ3) is 3.75. The van der Waals surface area contributed by atoms with E-state index < -0.39 is 6.09 Å². The van der Waals surface area contributed by atoms with Crippen LogP contribution in [0.2, 0.25) is 0 Å². The Kier molecular flexibility index (Phi) is 4.99. The number of pyridine rings is 1. The van der Waals surface area contributed by atoms with Gasteiger partial charge in [0, 0.05) is 13.1 Å². The molecule has 0 N–H and O–H groups in total. The number of aromatic nitrogens is 1. The Morgan fingerprint density at radius 2 is 1.82 bits per heavy atom. The second-order valence-electron chi connectivity index (χ2n) is 5.19. The molecule has 1 aromatic heterocycles. The molecule has 2 rings (SSSR count). The number of hydrogen-bond donors (Lipinski definition) is 0. The van der Waals surface area contributed by atoms with Crippen LogP contribution in [0, 0.1) is 0 Å². The predicted octanol–water partition coefficient (Wildman–Crippen LogP) is 3.85. The topological polar surface area (TPSA) is 51.7 Å². The third-order valence-electron chi connectivity index (χ3n) is 3.29. The molecule has 22 heavy (non-hydrogen) atoms. The van der Waals surface area contributed by atoms with Gasteiger partial charge in [-0.2, -0.15) is 4.98 Å². The van der Waals surface area contributed by atoms with Gasteiger partial charge in [0.05, 0.1) is 7.11 Å². The number of methoxy groups -OCH3 is 1. The zero-order valence-electron chi connectivity index (χ0n) is 13.2. The fourth-order valence-corrected chi connectivity index (χ4v) is 1.89. The van der Waals surface area contributed by atoms with Gasteiger partial charge in [0.2, 0.25) is 5.88 Å². The maximum Gasteiger partial charge on any atom is 0.420 e. The first kappa shape index (κ1) is 15.8. The minimum Gasteiger partial charge on any atom is -0.481 e. The van der Waals surface area contributed by atoms with Gasteiger partial charge >= 0.3 is 6.09 Å². The van der Waals surface area contributed by atoms with E-state index in [-0.39, 0.29) is 0 Å². The predicted molar refractivity (Wildman–Crippen MR) is 85.7 cm³/mol. The normalized spacial score (nSPS) is 10.4. The summed E-state index contributed by atoms with van der Waals surface area (Å²) in [7, 11) is 3.13. The summed E-state index contributed by atoms with van der Waals surface area (Å²) in [5, 5.41) is 0. The van der Waals surface area contributed by atoms with Crippen LogP contribution in [0.4, 0.5) is 10.6 Å². The van der Waals surface area contributed by atoms with Crippen LogP contribution < -0.4 is 14.4 Å². The highest BCUT2D eigenvalue weighted by atomic mass is 16.6. The summed E-state index contributed by atoms with van der Waals surface area (Å²) < 4.78 is 10.4. The molecule has 1 amide bonds. The second-order valence-corrected chi connectivity index (χ2v) is 5.19. The van der Waals surface area contributed by atoms with E-state index in [9.17, 15) is 4.79 Å². The van der Waals surface area contributed by atoms with Crippen molar-refractivity contribution in [3.8, 4) is 11.6 Å². The number of nitrogens with zero attached hydrogens (tertiary/aromatic N) is 2. The number of rotatable bonds is 4. The van der Waals surface area contributed by atoms with Gasteiger partial charge in [0.25, 0.3) is 0 Å². The first-order valence-electron chi connectivity index (χ1n) is 7.08. The van der Waals surface area contributed by atoms with Crippen LogP contribution in [0.1, 0.15) is 25.3 Å². The average Bonchev–Trinajstić information content (AvgIpc) is 2.54. The van der Waals surface area contributed by atoms with Gasteiger partial charge in [-0.15, -0.1) is 0 Å². The molecule has 0 unspecified atom stereocenters. The molecule has 1 aromatic carbocycles. The molecule has 0 fully saturated rings. The first-order valence-corrected chi connectivity index (χ1v) is 7.08. The van der Waals surface area contributed by atoms with Gasteiger partial charge in [-0.1, -0.05) is 32.0 Å². The van der Waals surface area contributed by atoms with Gasteiger partial charge in [-0.3, -0.25) is 4.90 Å². The Balaban J connectivity index is 2.07. The molecule has 0 aliphatic carbocycles. The molecule has 5 nitrogen and oxygen atoms in total. The van der Waals surface area contributed by atoms with Crippen LogP contribution in [0.25, 0.3) is 0 Å². The van der Waals surface area contributed by atoms with Gasteiger partial charge in [0.15, 0.2) is 0 Å². The zero-order valence-corrected chi connectivity index (χ0v) is 13.2. The smallest absolute Gasteiger partial charge is 0.420 e. The molecule has 0 spiro atoms. The lowest BCUT2D eigenvalue weighted by atomic mass is 10.0. The highest BCUT2D eigenvalue weighted by Crippen LogP contribution is 2.20. The summed E-state index contributed by atoms with van der Waals surface area (Å²) in [5.74, 6) is 1.85. The fraction of sp³-hybridized carbons (Fsp3) is 0.294. The van der Waals surface area contributed by atoms with Crippen molar-refractivity contribution in [1.82, 2.24) is 4.98 Å². The number of anilines is 1. The number of ether oxygens (including phenoxy) is 2. The minimum absolute atomic E-state index is 0.438. The minimum atomic E-state index is -0.502. The van der Waals surface area contributed by atoms with Crippen LogP contribution in [0.5, 0.6) is 11.6 Å². The van der Waals surface area contributed by atoms with E-state index in [1.807, 2.05) is 12.1 Å². The van der Waals surface area contributed by atoms with Crippen molar-refractivity contribution in [3.63, 3.8) is 0 Å². The van der Waals surface area contributed by atoms with Gasteiger partial charge in [-0.05, 0) is 29.7 Å². The van der Waals surface area contributed by atoms with Crippen molar-refractivity contribution < 1.29 is 14.3 Å². The number of carbonyl (C=O) groups excluding carboxylic acids is 1. The van der Waals surface area contributed by atoms with Gasteiger partial charge in [-0.25, -0.2) is 4.79 Å². The van der Waals surface area contributed by atoms with E-state index in [4.69, 9.17) is 9.47 Å². The molecule has 0 aliphatic heterocycles. The van der Waals surface area contributed by atoms with E-state index in [0.717, 1.165) is 0 Å². The quantitative estimate of drug-likeness (QED) is 0.860. The summed E-state index contributed by atoms with van der Waals surface area (Å²) in [4.78, 5) is 17.7. The Bertz CT molecular complexity index is 639. The molecule has 5 heteroatoms. The van der Waals surface area contributed by atoms with Crippen molar-refractivity contribution in [2.24, 2.45) is 0 Å². The van der Waals surface area contributed by atoms with Crippen LogP contribution >= 0.6 is 0 Å². The lowest BCUT2D eigenvalue weighted by molar-refractivity contribution is 0.209. The molecule has 0 radical (unpaired) electrons. The summed E-state index contributed by atoms with van der Waals surface area (Å²) in [6.07, 6.45) is -0.502. The Labute approximate surface area is 130 Å². The molecule has 0 bridgehead atoms. The molecule has 2 aromatic rings. The van der Waals surface area contributed by atoms with E-state index in [2.05, 4.69) is 18.8 Å². The van der Waals surface area contributed by atoms with Gasteiger partial charge in [0.1, 0.15) is 11.6 Å². The second kappa shape index (κ2) is 6.93. The molecular weight excluding hydrogens is 280 g/mol. The zero-order chi connectivity index (χ0) is 16.1. The highest BCUT2D eigenvalue weighted by Gasteiger charge is 2.15. The van der Waals surface area contributed by atoms with Crippen LogP contribution in [0.3, 0.4) is 0 Å². The maximum absolute atomic E-state index is 12.2. The van der Waals surface area contributed by atoms with Crippen molar-refractivity contribution in [2.45, 2.75) is 19.8 Å². The number of hydrogen-bond acceptors (Lipinski definition) is 4. The van der Waals surface area contributed by atoms with Crippen molar-refractivity contribution in [3.05, 3.63) is 48.0 Å². The summed E-state index contributed by atoms with van der Waals surface area (Å²) in [6, 6.07) is 12.7. The maximum atomic E-state index is 12.2. The summed E-state index contributed by atoms with van der Waals surface area (Å²) >= 11 is 0. The van der Waals surface area contributed by atoms with E-state index >= 15 is 0 Å². The fourth-order valence-electron chi connectivity index (χ4n) is 1.89. The molecule has 0 saturated carbocycles. The molecule has 116 valence electrons. The molecular formula is C17H20N2O3. The third-order valence-corrected chi connectivity index (χ3v) is 3.29. The summed E-state index contributed by atoms with van der Waals surface area (Å²) in [5.41, 5.74) is 1.20. The number of benzene rings is 1. The average molecular weight is 300 g/mol. The Morgan fingerprint density at radius 3 is 2.41 bits per heavy atom. The summed E-state index contributed by atoms with van der Waals surface area (Å²) in [6.45, 7) is 4.23. The van der Waals surface area contributed by atoms with E-state index in [1.165, 1.54) is 17.6 Å². The molecule has 0 saturated heterocycles. The van der Waals surface area contributed by atoms with E-state index in [0.29, 0.717) is 23.4 Å². The Morgan fingerprint density at radius 1 is 1.14 bits per heavy atom. The molecule has 0 aliphatic rings. The van der Waals surface area contributed by atoms with Crippen molar-refractivity contribution >= 4 is 11.9 Å². The standard InChI is InChI=1S/C17H20N2O3/c1-12(2)13-8-10-14(11-9-13)22-17(20)19(3)15-6-5-7-16(18-15)21-4/h5-12H,1-4H3. The van der Waals surface area contributed by atoms with Crippen LogP contribution in [0.15, 0.2) is 42.5 Å². The van der Waals surface area contributed by atoms with Crippen LogP contribution in [-0.2, 0) is 0 Å². The van der Waals surface area contributed by atoms with Crippen molar-refractivity contribution in [1.29, 1.82) is 0 Å². The molecule has 1 heterocycles. The highest BCUT2D eigenvalue weighted by molar-refractivity contribution is 5.87. The molecule has 0 atom stereocenters. The SMILES string of the molecule is COc1cccc(N(C)C(=O)Oc2ccc(C(C)C)cc2)n1. The van der Waals surface area contributed by atoms with Crippen molar-refractivity contribution in [2.75, 3.05) is 19.1 Å². The van der Waals surface area contributed by atoms with E-state index in [1.54, 1.807) is 37.4 Å². The Hall–Kier alpha value is -2.56. The number of amides is 1. The largest absolute Gasteiger partial charge is 0.481 e. The number of carbonyl (C=O) groups is 1. The van der Waals surface area contributed by atoms with Gasteiger partial charge < -0.3 is 9.47 Å². The monoisotopic (exact) mass is 300 g/mol. The lowest BCUT2D eigenvalue weighted by Gasteiger charge is -2.16. The lowest BCUT2D eigenvalue weighted by Crippen LogP contribution is -2.30. The first-order chi connectivity index (χ1) is 10.5.